The lowest BCUT2D eigenvalue weighted by Gasteiger charge is -2.20. The molecular formula is C16H21NO4. The summed E-state index contributed by atoms with van der Waals surface area (Å²) in [5, 5.41) is 11.7. The van der Waals surface area contributed by atoms with Crippen LogP contribution in [0.2, 0.25) is 0 Å². The van der Waals surface area contributed by atoms with Gasteiger partial charge in [0.1, 0.15) is 5.75 Å². The largest absolute Gasteiger partial charge is 0.481 e. The predicted octanol–water partition coefficient (Wildman–Crippen LogP) is 1.83. The second kappa shape index (κ2) is 5.39. The number of carbonyl (C=O) groups excluding carboxylic acids is 1. The van der Waals surface area contributed by atoms with Crippen molar-refractivity contribution in [2.24, 2.45) is 5.41 Å². The van der Waals surface area contributed by atoms with E-state index >= 15 is 0 Å². The Kier molecular flexibility index (Phi) is 3.94. The van der Waals surface area contributed by atoms with Crippen molar-refractivity contribution in [1.82, 2.24) is 5.32 Å². The van der Waals surface area contributed by atoms with E-state index in [9.17, 15) is 9.59 Å². The van der Waals surface area contributed by atoms with Gasteiger partial charge in [-0.3, -0.25) is 9.59 Å². The number of carbonyl (C=O) groups is 2. The maximum atomic E-state index is 12.1. The molecule has 1 aliphatic heterocycles. The number of hydrogen-bond acceptors (Lipinski definition) is 3. The molecule has 1 aromatic carbocycles. The van der Waals surface area contributed by atoms with Gasteiger partial charge >= 0.3 is 5.97 Å². The van der Waals surface area contributed by atoms with Crippen LogP contribution in [0.4, 0.5) is 0 Å². The predicted molar refractivity (Wildman–Crippen MR) is 78.5 cm³/mol. The Bertz CT molecular complexity index is 561. The molecule has 0 fully saturated rings. The minimum Gasteiger partial charge on any atom is -0.481 e. The molecule has 5 heteroatoms. The lowest BCUT2D eigenvalue weighted by Crippen LogP contribution is -2.44. The summed E-state index contributed by atoms with van der Waals surface area (Å²) in [6, 6.07) is 3.98. The van der Waals surface area contributed by atoms with E-state index in [1.807, 2.05) is 26.0 Å². The van der Waals surface area contributed by atoms with Crippen molar-refractivity contribution in [3.8, 4) is 5.75 Å². The normalized spacial score (nSPS) is 17.0. The van der Waals surface area contributed by atoms with E-state index in [0.29, 0.717) is 6.42 Å². The van der Waals surface area contributed by atoms with Gasteiger partial charge in [-0.25, -0.2) is 0 Å². The van der Waals surface area contributed by atoms with E-state index in [-0.39, 0.29) is 12.5 Å². The SMILES string of the molecule is Cc1cc2c(cc1C)OC(C(=O)NCC(C)(C)C(=O)O)C2. The topological polar surface area (TPSA) is 75.6 Å². The van der Waals surface area contributed by atoms with Crippen molar-refractivity contribution in [1.29, 1.82) is 0 Å². The van der Waals surface area contributed by atoms with Crippen LogP contribution in [0.5, 0.6) is 5.75 Å². The summed E-state index contributed by atoms with van der Waals surface area (Å²) < 4.78 is 5.67. The first kappa shape index (κ1) is 15.4. The smallest absolute Gasteiger partial charge is 0.310 e. The number of ether oxygens (including phenoxy) is 1. The van der Waals surface area contributed by atoms with E-state index in [2.05, 4.69) is 5.32 Å². The van der Waals surface area contributed by atoms with Gasteiger partial charge in [-0.05, 0) is 50.5 Å². The molecule has 1 aliphatic rings. The molecule has 1 aromatic rings. The molecule has 114 valence electrons. The van der Waals surface area contributed by atoms with Gasteiger partial charge in [0.05, 0.1) is 5.41 Å². The molecule has 0 saturated heterocycles. The lowest BCUT2D eigenvalue weighted by atomic mass is 9.94. The number of nitrogens with one attached hydrogen (secondary N) is 1. The lowest BCUT2D eigenvalue weighted by molar-refractivity contribution is -0.147. The van der Waals surface area contributed by atoms with Crippen molar-refractivity contribution in [3.63, 3.8) is 0 Å². The number of carboxylic acid groups (broad SMARTS) is 1. The number of benzene rings is 1. The standard InChI is InChI=1S/C16H21NO4/c1-9-5-11-7-13(21-12(11)6-10(9)2)14(18)17-8-16(3,4)15(19)20/h5-6,13H,7-8H2,1-4H3,(H,17,18)(H,19,20). The second-order valence-corrected chi connectivity index (χ2v) is 6.26. The number of aryl methyl sites for hydroxylation is 2. The summed E-state index contributed by atoms with van der Waals surface area (Å²) in [6.45, 7) is 7.26. The molecule has 21 heavy (non-hydrogen) atoms. The highest BCUT2D eigenvalue weighted by atomic mass is 16.5. The molecule has 1 amide bonds. The molecular weight excluding hydrogens is 270 g/mol. The number of fused-ring (bicyclic) bond motifs is 1. The highest BCUT2D eigenvalue weighted by Gasteiger charge is 2.32. The van der Waals surface area contributed by atoms with Crippen molar-refractivity contribution in [2.45, 2.75) is 40.2 Å². The fraction of sp³-hybridized carbons (Fsp3) is 0.500. The minimum atomic E-state index is -0.992. The monoisotopic (exact) mass is 291 g/mol. The Labute approximate surface area is 124 Å². The van der Waals surface area contributed by atoms with Gasteiger partial charge in [0, 0.05) is 13.0 Å². The van der Waals surface area contributed by atoms with Crippen LogP contribution in [-0.4, -0.2) is 29.6 Å². The number of hydrogen-bond donors (Lipinski definition) is 2. The van der Waals surface area contributed by atoms with Gasteiger partial charge in [0.15, 0.2) is 6.10 Å². The van der Waals surface area contributed by atoms with Crippen molar-refractivity contribution >= 4 is 11.9 Å². The Hall–Kier alpha value is -2.04. The van der Waals surface area contributed by atoms with E-state index in [0.717, 1.165) is 16.9 Å². The number of amides is 1. The van der Waals surface area contributed by atoms with Crippen molar-refractivity contribution in [2.75, 3.05) is 6.54 Å². The Morgan fingerprint density at radius 2 is 1.95 bits per heavy atom. The molecule has 2 N–H and O–H groups in total. The Morgan fingerprint density at radius 1 is 1.33 bits per heavy atom. The average molecular weight is 291 g/mol. The van der Waals surface area contributed by atoms with Crippen LogP contribution in [0.1, 0.15) is 30.5 Å². The molecule has 0 spiro atoms. The Morgan fingerprint density at radius 3 is 2.57 bits per heavy atom. The van der Waals surface area contributed by atoms with Crippen LogP contribution in [-0.2, 0) is 16.0 Å². The molecule has 1 atom stereocenters. The fourth-order valence-corrected chi connectivity index (χ4v) is 2.16. The third-order valence-electron chi connectivity index (χ3n) is 3.93. The van der Waals surface area contributed by atoms with Crippen LogP contribution in [0.15, 0.2) is 12.1 Å². The van der Waals surface area contributed by atoms with E-state index in [1.54, 1.807) is 13.8 Å². The molecule has 0 aliphatic carbocycles. The van der Waals surface area contributed by atoms with Gasteiger partial charge in [-0.15, -0.1) is 0 Å². The van der Waals surface area contributed by atoms with Crippen LogP contribution in [0.3, 0.4) is 0 Å². The molecule has 0 bridgehead atoms. The van der Waals surface area contributed by atoms with Crippen molar-refractivity contribution < 1.29 is 19.4 Å². The molecule has 0 saturated carbocycles. The van der Waals surface area contributed by atoms with E-state index < -0.39 is 17.5 Å². The van der Waals surface area contributed by atoms with E-state index in [4.69, 9.17) is 9.84 Å². The average Bonchev–Trinajstić information content (AvgIpc) is 2.79. The highest BCUT2D eigenvalue weighted by molar-refractivity contribution is 5.83. The summed E-state index contributed by atoms with van der Waals surface area (Å²) >= 11 is 0. The van der Waals surface area contributed by atoms with Crippen LogP contribution in [0.25, 0.3) is 0 Å². The van der Waals surface area contributed by atoms with Crippen molar-refractivity contribution in [3.05, 3.63) is 28.8 Å². The molecule has 0 radical (unpaired) electrons. The first-order chi connectivity index (χ1) is 9.70. The minimum absolute atomic E-state index is 0.0788. The molecule has 1 unspecified atom stereocenters. The zero-order chi connectivity index (χ0) is 15.8. The summed E-state index contributed by atoms with van der Waals surface area (Å²) in [5.41, 5.74) is 2.33. The highest BCUT2D eigenvalue weighted by Crippen LogP contribution is 2.31. The van der Waals surface area contributed by atoms with Crippen LogP contribution >= 0.6 is 0 Å². The number of rotatable bonds is 4. The van der Waals surface area contributed by atoms with Crippen LogP contribution in [0, 0.1) is 19.3 Å². The third-order valence-corrected chi connectivity index (χ3v) is 3.93. The summed E-state index contributed by atoms with van der Waals surface area (Å²) in [5.74, 6) is -0.462. The van der Waals surface area contributed by atoms with Gasteiger partial charge in [-0.1, -0.05) is 6.07 Å². The molecule has 2 rings (SSSR count). The molecule has 5 nitrogen and oxygen atoms in total. The second-order valence-electron chi connectivity index (χ2n) is 6.26. The van der Waals surface area contributed by atoms with E-state index in [1.165, 1.54) is 5.56 Å². The zero-order valence-corrected chi connectivity index (χ0v) is 12.8. The third kappa shape index (κ3) is 3.17. The fourth-order valence-electron chi connectivity index (χ4n) is 2.16. The van der Waals surface area contributed by atoms with Gasteiger partial charge in [0.2, 0.25) is 0 Å². The maximum absolute atomic E-state index is 12.1. The van der Waals surface area contributed by atoms with Gasteiger partial charge in [0.25, 0.3) is 5.91 Å². The molecule has 1 heterocycles. The summed E-state index contributed by atoms with van der Waals surface area (Å²) in [6.07, 6.45) is -0.0544. The number of carboxylic acids is 1. The van der Waals surface area contributed by atoms with Crippen LogP contribution < -0.4 is 10.1 Å². The summed E-state index contributed by atoms with van der Waals surface area (Å²) in [4.78, 5) is 23.1. The molecule has 0 aromatic heterocycles. The maximum Gasteiger partial charge on any atom is 0.310 e. The Balaban J connectivity index is 1.99. The summed E-state index contributed by atoms with van der Waals surface area (Å²) in [7, 11) is 0. The number of aliphatic carboxylic acids is 1. The first-order valence-electron chi connectivity index (χ1n) is 6.98. The quantitative estimate of drug-likeness (QED) is 0.887. The zero-order valence-electron chi connectivity index (χ0n) is 12.8. The first-order valence-corrected chi connectivity index (χ1v) is 6.98. The van der Waals surface area contributed by atoms with Gasteiger partial charge in [-0.2, -0.15) is 0 Å². The van der Waals surface area contributed by atoms with Gasteiger partial charge < -0.3 is 15.2 Å².